The van der Waals surface area contributed by atoms with Gasteiger partial charge in [0.1, 0.15) is 0 Å². The van der Waals surface area contributed by atoms with Crippen LogP contribution in [0.25, 0.3) is 0 Å². The van der Waals surface area contributed by atoms with Gasteiger partial charge in [0.2, 0.25) is 17.6 Å². The van der Waals surface area contributed by atoms with Crippen molar-refractivity contribution < 1.29 is 14.5 Å². The molecule has 0 radical (unpaired) electrons. The molecule has 0 saturated carbocycles. The van der Waals surface area contributed by atoms with Crippen LogP contribution in [0.4, 0.5) is 11.5 Å². The Morgan fingerprint density at radius 3 is 2.65 bits per heavy atom. The van der Waals surface area contributed by atoms with Crippen LogP contribution in [0.15, 0.2) is 12.1 Å². The molecule has 0 aliphatic carbocycles. The fourth-order valence-electron chi connectivity index (χ4n) is 1.55. The summed E-state index contributed by atoms with van der Waals surface area (Å²) >= 11 is 0. The van der Waals surface area contributed by atoms with Crippen LogP contribution < -0.4 is 15.4 Å². The molecule has 8 heteroatoms. The van der Waals surface area contributed by atoms with E-state index in [9.17, 15) is 14.9 Å². The van der Waals surface area contributed by atoms with Crippen molar-refractivity contribution in [3.05, 3.63) is 22.2 Å². The minimum absolute atomic E-state index is 0.0753. The first-order chi connectivity index (χ1) is 9.31. The summed E-state index contributed by atoms with van der Waals surface area (Å²) in [6, 6.07) is 2.72. The molecule has 0 aliphatic heterocycles. The molecule has 1 aromatic heterocycles. The largest absolute Gasteiger partial charge is 0.481 e. The molecule has 0 aliphatic rings. The molecule has 1 aromatic rings. The highest BCUT2D eigenvalue weighted by Crippen LogP contribution is 2.26. The first-order valence-electron chi connectivity index (χ1n) is 5.97. The lowest BCUT2D eigenvalue weighted by Crippen LogP contribution is -2.39. The number of methoxy groups -OCH3 is 1. The first-order valence-corrected chi connectivity index (χ1v) is 5.97. The SMILES string of the molecule is CNC(=O)C(C)(C)CNc1nc(OC)ccc1[N+](=O)[O-]. The Morgan fingerprint density at radius 2 is 2.15 bits per heavy atom. The Labute approximate surface area is 116 Å². The summed E-state index contributed by atoms with van der Waals surface area (Å²) in [5.74, 6) is 0.165. The molecule has 0 bridgehead atoms. The summed E-state index contributed by atoms with van der Waals surface area (Å²) in [7, 11) is 2.96. The van der Waals surface area contributed by atoms with Gasteiger partial charge in [0.25, 0.3) is 0 Å². The number of nitrogens with one attached hydrogen (secondary N) is 2. The van der Waals surface area contributed by atoms with E-state index in [1.807, 2.05) is 0 Å². The van der Waals surface area contributed by atoms with Crippen molar-refractivity contribution in [3.8, 4) is 5.88 Å². The number of nitro groups is 1. The average Bonchev–Trinajstić information content (AvgIpc) is 2.43. The standard InChI is InChI=1S/C12H18N4O4/c1-12(2,11(17)13-3)7-14-10-8(16(18)19)5-6-9(15-10)20-4/h5-6H,7H2,1-4H3,(H,13,17)(H,14,15). The summed E-state index contributed by atoms with van der Waals surface area (Å²) in [5, 5.41) is 16.3. The number of nitrogens with zero attached hydrogens (tertiary/aromatic N) is 2. The number of carbonyl (C=O) groups is 1. The summed E-state index contributed by atoms with van der Waals surface area (Å²) in [6.45, 7) is 3.66. The first kappa shape index (κ1) is 15.7. The van der Waals surface area contributed by atoms with E-state index in [4.69, 9.17) is 4.74 Å². The third kappa shape index (κ3) is 3.56. The van der Waals surface area contributed by atoms with Crippen LogP contribution in [0.3, 0.4) is 0 Å². The van der Waals surface area contributed by atoms with Crippen molar-refractivity contribution >= 4 is 17.4 Å². The summed E-state index contributed by atoms with van der Waals surface area (Å²) in [4.78, 5) is 26.1. The maximum atomic E-state index is 11.7. The lowest BCUT2D eigenvalue weighted by atomic mass is 9.92. The van der Waals surface area contributed by atoms with E-state index in [2.05, 4.69) is 15.6 Å². The molecule has 0 saturated heterocycles. The van der Waals surface area contributed by atoms with Crippen LogP contribution in [0.1, 0.15) is 13.8 Å². The van der Waals surface area contributed by atoms with Crippen molar-refractivity contribution in [2.24, 2.45) is 5.41 Å². The van der Waals surface area contributed by atoms with E-state index in [0.717, 1.165) is 0 Å². The van der Waals surface area contributed by atoms with Crippen LogP contribution in [-0.4, -0.2) is 36.5 Å². The monoisotopic (exact) mass is 282 g/mol. The maximum absolute atomic E-state index is 11.7. The van der Waals surface area contributed by atoms with Gasteiger partial charge in [-0.3, -0.25) is 14.9 Å². The zero-order valence-electron chi connectivity index (χ0n) is 11.9. The molecule has 1 amide bonds. The van der Waals surface area contributed by atoms with Gasteiger partial charge in [0, 0.05) is 25.7 Å². The number of amides is 1. The fourth-order valence-corrected chi connectivity index (χ4v) is 1.55. The van der Waals surface area contributed by atoms with E-state index in [-0.39, 0.29) is 29.8 Å². The van der Waals surface area contributed by atoms with Crippen molar-refractivity contribution in [2.75, 3.05) is 26.0 Å². The molecule has 0 atom stereocenters. The molecule has 110 valence electrons. The summed E-state index contributed by atoms with van der Waals surface area (Å²) in [5.41, 5.74) is -0.897. The minimum Gasteiger partial charge on any atom is -0.481 e. The van der Waals surface area contributed by atoms with Gasteiger partial charge in [-0.2, -0.15) is 4.98 Å². The van der Waals surface area contributed by atoms with Gasteiger partial charge < -0.3 is 15.4 Å². The van der Waals surface area contributed by atoms with Crippen molar-refractivity contribution in [2.45, 2.75) is 13.8 Å². The van der Waals surface area contributed by atoms with E-state index in [0.29, 0.717) is 0 Å². The smallest absolute Gasteiger partial charge is 0.311 e. The van der Waals surface area contributed by atoms with Crippen LogP contribution in [-0.2, 0) is 4.79 Å². The number of pyridine rings is 1. The minimum atomic E-state index is -0.729. The predicted octanol–water partition coefficient (Wildman–Crippen LogP) is 1.18. The van der Waals surface area contributed by atoms with Crippen LogP contribution in [0, 0.1) is 15.5 Å². The van der Waals surface area contributed by atoms with E-state index < -0.39 is 10.3 Å². The molecule has 0 fully saturated rings. The van der Waals surface area contributed by atoms with Gasteiger partial charge in [0.15, 0.2) is 0 Å². The molecule has 0 aromatic carbocycles. The van der Waals surface area contributed by atoms with Crippen molar-refractivity contribution in [1.82, 2.24) is 10.3 Å². The quantitative estimate of drug-likeness (QED) is 0.599. The van der Waals surface area contributed by atoms with E-state index in [1.165, 1.54) is 26.3 Å². The Morgan fingerprint density at radius 1 is 1.50 bits per heavy atom. The molecule has 0 spiro atoms. The zero-order valence-corrected chi connectivity index (χ0v) is 11.9. The van der Waals surface area contributed by atoms with Gasteiger partial charge in [-0.05, 0) is 13.8 Å². The Kier molecular flexibility index (Phi) is 4.84. The average molecular weight is 282 g/mol. The van der Waals surface area contributed by atoms with Gasteiger partial charge in [-0.15, -0.1) is 0 Å². The molecule has 20 heavy (non-hydrogen) atoms. The topological polar surface area (TPSA) is 106 Å². The van der Waals surface area contributed by atoms with Crippen LogP contribution in [0.5, 0.6) is 5.88 Å². The number of hydrogen-bond donors (Lipinski definition) is 2. The molecule has 1 heterocycles. The highest BCUT2D eigenvalue weighted by Gasteiger charge is 2.28. The lowest BCUT2D eigenvalue weighted by Gasteiger charge is -2.23. The normalized spacial score (nSPS) is 10.8. The van der Waals surface area contributed by atoms with Crippen molar-refractivity contribution in [3.63, 3.8) is 0 Å². The van der Waals surface area contributed by atoms with Gasteiger partial charge in [-0.1, -0.05) is 0 Å². The third-order valence-corrected chi connectivity index (χ3v) is 2.79. The second-order valence-electron chi connectivity index (χ2n) is 4.80. The molecular formula is C12H18N4O4. The number of ether oxygens (including phenoxy) is 1. The van der Waals surface area contributed by atoms with Crippen molar-refractivity contribution in [1.29, 1.82) is 0 Å². The fraction of sp³-hybridized carbons (Fsp3) is 0.500. The predicted molar refractivity (Wildman–Crippen MR) is 73.8 cm³/mol. The number of aromatic nitrogens is 1. The molecular weight excluding hydrogens is 264 g/mol. The number of anilines is 1. The molecule has 1 rings (SSSR count). The Hall–Kier alpha value is -2.38. The molecule has 0 unspecified atom stereocenters. The van der Waals surface area contributed by atoms with E-state index in [1.54, 1.807) is 13.8 Å². The van der Waals surface area contributed by atoms with E-state index >= 15 is 0 Å². The number of hydrogen-bond acceptors (Lipinski definition) is 6. The maximum Gasteiger partial charge on any atom is 0.311 e. The number of carbonyl (C=O) groups excluding carboxylic acids is 1. The Bertz CT molecular complexity index is 516. The molecule has 2 N–H and O–H groups in total. The highest BCUT2D eigenvalue weighted by molar-refractivity contribution is 5.82. The van der Waals surface area contributed by atoms with Gasteiger partial charge in [0.05, 0.1) is 17.4 Å². The Balaban J connectivity index is 2.96. The van der Waals surface area contributed by atoms with Crippen LogP contribution >= 0.6 is 0 Å². The van der Waals surface area contributed by atoms with Gasteiger partial charge >= 0.3 is 5.69 Å². The van der Waals surface area contributed by atoms with Gasteiger partial charge in [-0.25, -0.2) is 0 Å². The second-order valence-corrected chi connectivity index (χ2v) is 4.80. The third-order valence-electron chi connectivity index (χ3n) is 2.79. The lowest BCUT2D eigenvalue weighted by molar-refractivity contribution is -0.384. The molecule has 8 nitrogen and oxygen atoms in total. The highest BCUT2D eigenvalue weighted by atomic mass is 16.6. The van der Waals surface area contributed by atoms with Crippen LogP contribution in [0.2, 0.25) is 0 Å². The summed E-state index contributed by atoms with van der Waals surface area (Å²) < 4.78 is 4.94. The summed E-state index contributed by atoms with van der Waals surface area (Å²) in [6.07, 6.45) is 0. The number of rotatable bonds is 6. The second kappa shape index (κ2) is 6.18. The zero-order chi connectivity index (χ0) is 15.3.